The maximum atomic E-state index is 3.85. The Hall–Kier alpha value is -1.45. The fraction of sp³-hybridized carbons (Fsp3) is 0.444. The van der Waals surface area contributed by atoms with Crippen LogP contribution in [-0.4, -0.2) is 20.6 Å². The molecular weight excluding hydrogens is 164 g/mol. The zero-order chi connectivity index (χ0) is 9.68. The number of nitrogens with one attached hydrogen (secondary N) is 1. The zero-order valence-electron chi connectivity index (χ0n) is 8.15. The van der Waals surface area contributed by atoms with Crippen LogP contribution in [0.1, 0.15) is 26.6 Å². The number of hydrogen-bond donors (Lipinski definition) is 1. The van der Waals surface area contributed by atoms with Crippen molar-refractivity contribution in [1.82, 2.24) is 20.6 Å². The van der Waals surface area contributed by atoms with Gasteiger partial charge in [-0.05, 0) is 23.3 Å². The molecule has 0 aromatic carbocycles. The van der Waals surface area contributed by atoms with Crippen molar-refractivity contribution in [3.05, 3.63) is 24.1 Å². The van der Waals surface area contributed by atoms with Crippen LogP contribution >= 0.6 is 0 Å². The van der Waals surface area contributed by atoms with E-state index in [1.807, 2.05) is 19.1 Å². The summed E-state index contributed by atoms with van der Waals surface area (Å²) < 4.78 is 0. The summed E-state index contributed by atoms with van der Waals surface area (Å²) in [4.78, 5) is 0. The van der Waals surface area contributed by atoms with Crippen molar-refractivity contribution in [2.75, 3.05) is 0 Å². The van der Waals surface area contributed by atoms with Gasteiger partial charge in [0.2, 0.25) is 0 Å². The van der Waals surface area contributed by atoms with Gasteiger partial charge in [-0.1, -0.05) is 32.1 Å². The average Bonchev–Trinajstić information content (AvgIpc) is 2.54. The third-order valence-corrected chi connectivity index (χ3v) is 1.48. The Balaban J connectivity index is 2.93. The number of rotatable bonds is 3. The number of allylic oxidation sites excluding steroid dienone is 4. The summed E-state index contributed by atoms with van der Waals surface area (Å²) in [6.45, 7) is 6.21. The lowest BCUT2D eigenvalue weighted by atomic mass is 10.1. The van der Waals surface area contributed by atoms with Crippen molar-refractivity contribution >= 4 is 5.57 Å². The summed E-state index contributed by atoms with van der Waals surface area (Å²) in [6, 6.07) is 0. The van der Waals surface area contributed by atoms with E-state index in [-0.39, 0.29) is 0 Å². The highest BCUT2D eigenvalue weighted by Gasteiger charge is 2.02. The molecule has 0 bridgehead atoms. The first-order valence-electron chi connectivity index (χ1n) is 4.32. The molecule has 0 saturated carbocycles. The molecule has 0 unspecified atom stereocenters. The van der Waals surface area contributed by atoms with E-state index in [0.29, 0.717) is 11.7 Å². The molecule has 0 amide bonds. The molecule has 0 radical (unpaired) electrons. The predicted octanol–water partition coefficient (Wildman–Crippen LogP) is 1.82. The molecule has 70 valence electrons. The smallest absolute Gasteiger partial charge is 0.179 e. The molecule has 0 spiro atoms. The van der Waals surface area contributed by atoms with Crippen LogP contribution in [0.2, 0.25) is 0 Å². The standard InChI is InChI=1S/C9H14N4/c1-4-5-8(6-7(2)3)9-10-12-13-11-9/h4-7H,1-3H3,(H,10,11,12,13)/b5-4-,8-6+. The molecule has 1 aromatic rings. The van der Waals surface area contributed by atoms with Gasteiger partial charge < -0.3 is 0 Å². The first kappa shape index (κ1) is 9.64. The molecule has 0 saturated heterocycles. The summed E-state index contributed by atoms with van der Waals surface area (Å²) in [7, 11) is 0. The van der Waals surface area contributed by atoms with Gasteiger partial charge in [0.25, 0.3) is 0 Å². The van der Waals surface area contributed by atoms with E-state index in [1.165, 1.54) is 0 Å². The number of hydrogen-bond acceptors (Lipinski definition) is 3. The van der Waals surface area contributed by atoms with Crippen molar-refractivity contribution in [3.8, 4) is 0 Å². The fourth-order valence-corrected chi connectivity index (χ4v) is 1.03. The highest BCUT2D eigenvalue weighted by atomic mass is 15.5. The first-order valence-corrected chi connectivity index (χ1v) is 4.32. The molecular formula is C9H14N4. The van der Waals surface area contributed by atoms with Crippen molar-refractivity contribution < 1.29 is 0 Å². The highest BCUT2D eigenvalue weighted by Crippen LogP contribution is 2.12. The second-order valence-electron chi connectivity index (χ2n) is 3.12. The minimum Gasteiger partial charge on any atom is -0.239 e. The van der Waals surface area contributed by atoms with Crippen LogP contribution in [0.5, 0.6) is 0 Å². The number of tetrazole rings is 1. The third kappa shape index (κ3) is 2.82. The van der Waals surface area contributed by atoms with Gasteiger partial charge in [0.1, 0.15) is 0 Å². The number of nitrogens with zero attached hydrogens (tertiary/aromatic N) is 3. The molecule has 1 N–H and O–H groups in total. The number of H-pyrrole nitrogens is 1. The number of aromatic nitrogens is 4. The summed E-state index contributed by atoms with van der Waals surface area (Å²) in [5.41, 5.74) is 1.03. The van der Waals surface area contributed by atoms with Gasteiger partial charge in [-0.2, -0.15) is 0 Å². The molecule has 13 heavy (non-hydrogen) atoms. The van der Waals surface area contributed by atoms with Crippen LogP contribution in [-0.2, 0) is 0 Å². The third-order valence-electron chi connectivity index (χ3n) is 1.48. The summed E-state index contributed by atoms with van der Waals surface area (Å²) >= 11 is 0. The molecule has 4 heteroatoms. The largest absolute Gasteiger partial charge is 0.239 e. The van der Waals surface area contributed by atoms with Gasteiger partial charge >= 0.3 is 0 Å². The average molecular weight is 178 g/mol. The quantitative estimate of drug-likeness (QED) is 0.718. The molecule has 1 aromatic heterocycles. The van der Waals surface area contributed by atoms with Crippen molar-refractivity contribution in [2.45, 2.75) is 20.8 Å². The molecule has 0 aliphatic heterocycles. The van der Waals surface area contributed by atoms with E-state index in [0.717, 1.165) is 5.57 Å². The lowest BCUT2D eigenvalue weighted by Gasteiger charge is -1.98. The topological polar surface area (TPSA) is 54.5 Å². The second-order valence-corrected chi connectivity index (χ2v) is 3.12. The van der Waals surface area contributed by atoms with Gasteiger partial charge in [0.05, 0.1) is 0 Å². The van der Waals surface area contributed by atoms with Gasteiger partial charge in [-0.15, -0.1) is 5.10 Å². The van der Waals surface area contributed by atoms with Gasteiger partial charge in [0.15, 0.2) is 5.82 Å². The molecule has 1 rings (SSSR count). The molecule has 0 atom stereocenters. The Kier molecular flexibility index (Phi) is 3.37. The lowest BCUT2D eigenvalue weighted by molar-refractivity contribution is 0.832. The minimum absolute atomic E-state index is 0.483. The minimum atomic E-state index is 0.483. The SMILES string of the molecule is C/C=C\C(=C/C(C)C)c1nnn[nH]1. The van der Waals surface area contributed by atoms with Crippen LogP contribution < -0.4 is 0 Å². The molecule has 1 heterocycles. The van der Waals surface area contributed by atoms with Gasteiger partial charge in [0, 0.05) is 5.57 Å². The molecule has 0 aliphatic carbocycles. The lowest BCUT2D eigenvalue weighted by Crippen LogP contribution is -1.88. The fourth-order valence-electron chi connectivity index (χ4n) is 1.03. The molecule has 4 nitrogen and oxygen atoms in total. The predicted molar refractivity (Wildman–Crippen MR) is 51.8 cm³/mol. The van der Waals surface area contributed by atoms with E-state index in [4.69, 9.17) is 0 Å². The zero-order valence-corrected chi connectivity index (χ0v) is 8.15. The molecule has 0 aliphatic rings. The van der Waals surface area contributed by atoms with Crippen LogP contribution in [0, 0.1) is 5.92 Å². The number of aromatic amines is 1. The molecule has 0 fully saturated rings. The van der Waals surface area contributed by atoms with E-state index < -0.39 is 0 Å². The van der Waals surface area contributed by atoms with Crippen LogP contribution in [0.25, 0.3) is 5.57 Å². The maximum absolute atomic E-state index is 3.85. The maximum Gasteiger partial charge on any atom is 0.179 e. The normalized spacial score (nSPS) is 13.1. The van der Waals surface area contributed by atoms with Gasteiger partial charge in [-0.25, -0.2) is 5.10 Å². The first-order chi connectivity index (χ1) is 6.24. The summed E-state index contributed by atoms with van der Waals surface area (Å²) in [5.74, 6) is 1.20. The van der Waals surface area contributed by atoms with Gasteiger partial charge in [-0.3, -0.25) is 0 Å². The highest BCUT2D eigenvalue weighted by molar-refractivity contribution is 5.68. The summed E-state index contributed by atoms with van der Waals surface area (Å²) in [6.07, 6.45) is 6.07. The Morgan fingerprint density at radius 3 is 2.69 bits per heavy atom. The van der Waals surface area contributed by atoms with Crippen molar-refractivity contribution in [3.63, 3.8) is 0 Å². The Morgan fingerprint density at radius 2 is 2.23 bits per heavy atom. The van der Waals surface area contributed by atoms with Crippen LogP contribution in [0.3, 0.4) is 0 Å². The Morgan fingerprint density at radius 1 is 1.46 bits per heavy atom. The Labute approximate surface area is 77.7 Å². The Bertz CT molecular complexity index is 295. The van der Waals surface area contributed by atoms with Crippen LogP contribution in [0.4, 0.5) is 0 Å². The van der Waals surface area contributed by atoms with Crippen molar-refractivity contribution in [2.24, 2.45) is 5.92 Å². The van der Waals surface area contributed by atoms with E-state index in [1.54, 1.807) is 0 Å². The van der Waals surface area contributed by atoms with Crippen LogP contribution in [0.15, 0.2) is 18.2 Å². The monoisotopic (exact) mass is 178 g/mol. The van der Waals surface area contributed by atoms with Crippen molar-refractivity contribution in [1.29, 1.82) is 0 Å². The van der Waals surface area contributed by atoms with E-state index in [2.05, 4.69) is 40.5 Å². The second kappa shape index (κ2) is 4.54. The van der Waals surface area contributed by atoms with E-state index >= 15 is 0 Å². The van der Waals surface area contributed by atoms with E-state index in [9.17, 15) is 0 Å². The summed E-state index contributed by atoms with van der Waals surface area (Å²) in [5, 5.41) is 13.7.